The topological polar surface area (TPSA) is 72.3 Å². The van der Waals surface area contributed by atoms with Crippen molar-refractivity contribution in [1.82, 2.24) is 14.7 Å². The molecule has 1 aliphatic heterocycles. The summed E-state index contributed by atoms with van der Waals surface area (Å²) in [6.07, 6.45) is 2.64. The highest BCUT2D eigenvalue weighted by atomic mass is 32.2. The molecule has 7 heteroatoms. The van der Waals surface area contributed by atoms with Crippen LogP contribution in [0.15, 0.2) is 30.3 Å². The van der Waals surface area contributed by atoms with Gasteiger partial charge in [-0.1, -0.05) is 31.5 Å². The fourth-order valence-electron chi connectivity index (χ4n) is 3.86. The fourth-order valence-corrected chi connectivity index (χ4v) is 5.60. The third-order valence-electron chi connectivity index (χ3n) is 5.49. The van der Waals surface area contributed by atoms with Gasteiger partial charge in [-0.3, -0.25) is 4.79 Å². The zero-order valence-corrected chi connectivity index (χ0v) is 17.7. The maximum absolute atomic E-state index is 13.2. The SMILES string of the molecule is CCCCN(C(=O)Cc1c(C)nn(-c2ccccc2)c1C)C1CCS(=O)(=O)C1. The van der Waals surface area contributed by atoms with Gasteiger partial charge in [0.15, 0.2) is 9.84 Å². The Morgan fingerprint density at radius 1 is 1.25 bits per heavy atom. The lowest BCUT2D eigenvalue weighted by Crippen LogP contribution is -2.42. The van der Waals surface area contributed by atoms with Gasteiger partial charge in [-0.25, -0.2) is 13.1 Å². The summed E-state index contributed by atoms with van der Waals surface area (Å²) in [5.41, 5.74) is 3.68. The Balaban J connectivity index is 1.83. The Kier molecular flexibility index (Phi) is 6.23. The van der Waals surface area contributed by atoms with Crippen LogP contribution >= 0.6 is 0 Å². The van der Waals surface area contributed by atoms with Gasteiger partial charge in [0.05, 0.1) is 29.3 Å². The Morgan fingerprint density at radius 3 is 2.57 bits per heavy atom. The molecule has 0 N–H and O–H groups in total. The van der Waals surface area contributed by atoms with Gasteiger partial charge >= 0.3 is 0 Å². The first-order chi connectivity index (χ1) is 13.3. The van der Waals surface area contributed by atoms with E-state index in [-0.39, 0.29) is 29.9 Å². The molecular weight excluding hydrogens is 374 g/mol. The number of aromatic nitrogens is 2. The average molecular weight is 404 g/mol. The van der Waals surface area contributed by atoms with Gasteiger partial charge in [-0.05, 0) is 38.8 Å². The Bertz CT molecular complexity index is 935. The minimum atomic E-state index is -3.03. The van der Waals surface area contributed by atoms with E-state index in [1.54, 1.807) is 4.90 Å². The maximum Gasteiger partial charge on any atom is 0.227 e. The van der Waals surface area contributed by atoms with Crippen molar-refractivity contribution in [3.8, 4) is 5.69 Å². The van der Waals surface area contributed by atoms with E-state index in [1.165, 1.54) is 0 Å². The summed E-state index contributed by atoms with van der Waals surface area (Å²) in [6, 6.07) is 9.66. The molecule has 0 radical (unpaired) electrons. The molecule has 0 aliphatic carbocycles. The van der Waals surface area contributed by atoms with Crippen molar-refractivity contribution in [2.45, 2.75) is 52.5 Å². The van der Waals surface area contributed by atoms with Gasteiger partial charge < -0.3 is 4.90 Å². The van der Waals surface area contributed by atoms with Gasteiger partial charge in [0.2, 0.25) is 5.91 Å². The standard InChI is InChI=1S/C21H29N3O3S/c1-4-5-12-23(19-11-13-28(26,27)15-19)21(25)14-20-16(2)22-24(17(20)3)18-9-7-6-8-10-18/h6-10,19H,4-5,11-15H2,1-3H3. The van der Waals surface area contributed by atoms with Crippen molar-refractivity contribution in [3.63, 3.8) is 0 Å². The first kappa shape index (κ1) is 20.6. The summed E-state index contributed by atoms with van der Waals surface area (Å²) in [4.78, 5) is 15.0. The molecule has 152 valence electrons. The molecule has 1 amide bonds. The number of nitrogens with zero attached hydrogens (tertiary/aromatic N) is 3. The van der Waals surface area contributed by atoms with Crippen LogP contribution in [0.4, 0.5) is 0 Å². The van der Waals surface area contributed by atoms with Crippen molar-refractivity contribution in [2.75, 3.05) is 18.1 Å². The number of carbonyl (C=O) groups excluding carboxylic acids is 1. The number of para-hydroxylation sites is 1. The van der Waals surface area contributed by atoms with Crippen molar-refractivity contribution in [1.29, 1.82) is 0 Å². The van der Waals surface area contributed by atoms with Crippen LogP contribution in [0.1, 0.15) is 43.1 Å². The van der Waals surface area contributed by atoms with Gasteiger partial charge in [-0.15, -0.1) is 0 Å². The number of sulfone groups is 1. The van der Waals surface area contributed by atoms with Gasteiger partial charge in [0.1, 0.15) is 0 Å². The Hall–Kier alpha value is -2.15. The van der Waals surface area contributed by atoms with E-state index in [0.29, 0.717) is 13.0 Å². The maximum atomic E-state index is 13.2. The zero-order valence-electron chi connectivity index (χ0n) is 16.9. The lowest BCUT2D eigenvalue weighted by atomic mass is 10.1. The molecule has 1 fully saturated rings. The lowest BCUT2D eigenvalue weighted by Gasteiger charge is -2.28. The van der Waals surface area contributed by atoms with Crippen LogP contribution in [0, 0.1) is 13.8 Å². The molecule has 0 bridgehead atoms. The van der Waals surface area contributed by atoms with Crippen LogP contribution in [0.3, 0.4) is 0 Å². The average Bonchev–Trinajstić information content (AvgIpc) is 3.16. The molecule has 1 aromatic heterocycles. The monoisotopic (exact) mass is 403 g/mol. The summed E-state index contributed by atoms with van der Waals surface area (Å²) in [6.45, 7) is 6.59. The Labute approximate surface area is 167 Å². The molecule has 3 rings (SSSR count). The smallest absolute Gasteiger partial charge is 0.227 e. The first-order valence-electron chi connectivity index (χ1n) is 9.93. The van der Waals surface area contributed by atoms with Gasteiger partial charge in [-0.2, -0.15) is 5.10 Å². The molecule has 0 spiro atoms. The highest BCUT2D eigenvalue weighted by molar-refractivity contribution is 7.91. The van der Waals surface area contributed by atoms with Crippen LogP contribution < -0.4 is 0 Å². The molecule has 2 aromatic rings. The second-order valence-electron chi connectivity index (χ2n) is 7.57. The third-order valence-corrected chi connectivity index (χ3v) is 7.24. The van der Waals surface area contributed by atoms with Gasteiger partial charge in [0.25, 0.3) is 0 Å². The quantitative estimate of drug-likeness (QED) is 0.713. The minimum absolute atomic E-state index is 0.00522. The van der Waals surface area contributed by atoms with Crippen molar-refractivity contribution in [2.24, 2.45) is 0 Å². The molecule has 28 heavy (non-hydrogen) atoms. The second kappa shape index (κ2) is 8.47. The third kappa shape index (κ3) is 4.46. The van der Waals surface area contributed by atoms with Crippen molar-refractivity contribution >= 4 is 15.7 Å². The molecule has 1 aliphatic rings. The van der Waals surface area contributed by atoms with E-state index in [4.69, 9.17) is 0 Å². The zero-order chi connectivity index (χ0) is 20.3. The number of rotatable bonds is 7. The summed E-state index contributed by atoms with van der Waals surface area (Å²) < 4.78 is 25.7. The second-order valence-corrected chi connectivity index (χ2v) is 9.80. The summed E-state index contributed by atoms with van der Waals surface area (Å²) in [5, 5.41) is 4.63. The normalized spacial score (nSPS) is 18.3. The number of hydrogen-bond acceptors (Lipinski definition) is 4. The molecule has 1 aromatic carbocycles. The molecular formula is C21H29N3O3S. The van der Waals surface area contributed by atoms with Crippen molar-refractivity contribution < 1.29 is 13.2 Å². The van der Waals surface area contributed by atoms with Crippen LogP contribution in [0.25, 0.3) is 5.69 Å². The molecule has 1 saturated heterocycles. The molecule has 1 unspecified atom stereocenters. The first-order valence-corrected chi connectivity index (χ1v) is 11.7. The minimum Gasteiger partial charge on any atom is -0.338 e. The predicted octanol–water partition coefficient (Wildman–Crippen LogP) is 2.85. The largest absolute Gasteiger partial charge is 0.338 e. The van der Waals surface area contributed by atoms with Crippen LogP contribution in [0.2, 0.25) is 0 Å². The van der Waals surface area contributed by atoms with E-state index in [2.05, 4.69) is 12.0 Å². The van der Waals surface area contributed by atoms with Crippen LogP contribution in [-0.2, 0) is 21.1 Å². The molecule has 1 atom stereocenters. The molecule has 2 heterocycles. The Morgan fingerprint density at radius 2 is 1.96 bits per heavy atom. The number of aryl methyl sites for hydroxylation is 1. The number of hydrogen-bond donors (Lipinski definition) is 0. The van der Waals surface area contributed by atoms with Crippen molar-refractivity contribution in [3.05, 3.63) is 47.3 Å². The van der Waals surface area contributed by atoms with E-state index in [9.17, 15) is 13.2 Å². The number of carbonyl (C=O) groups is 1. The highest BCUT2D eigenvalue weighted by Gasteiger charge is 2.34. The highest BCUT2D eigenvalue weighted by Crippen LogP contribution is 2.22. The molecule has 6 nitrogen and oxygen atoms in total. The van der Waals surface area contributed by atoms with Crippen LogP contribution in [0.5, 0.6) is 0 Å². The lowest BCUT2D eigenvalue weighted by molar-refractivity contribution is -0.132. The van der Waals surface area contributed by atoms with E-state index < -0.39 is 9.84 Å². The number of amides is 1. The predicted molar refractivity (Wildman–Crippen MR) is 110 cm³/mol. The summed E-state index contributed by atoms with van der Waals surface area (Å²) in [7, 11) is -3.03. The number of benzene rings is 1. The summed E-state index contributed by atoms with van der Waals surface area (Å²) >= 11 is 0. The number of unbranched alkanes of at least 4 members (excludes halogenated alkanes) is 1. The van der Waals surface area contributed by atoms with Gasteiger partial charge in [0, 0.05) is 23.8 Å². The van der Waals surface area contributed by atoms with E-state index >= 15 is 0 Å². The fraction of sp³-hybridized carbons (Fsp3) is 0.524. The van der Waals surface area contributed by atoms with E-state index in [1.807, 2.05) is 48.9 Å². The molecule has 0 saturated carbocycles. The van der Waals surface area contributed by atoms with Crippen LogP contribution in [-0.4, -0.2) is 53.1 Å². The van der Waals surface area contributed by atoms with E-state index in [0.717, 1.165) is 35.5 Å². The summed E-state index contributed by atoms with van der Waals surface area (Å²) in [5.74, 6) is 0.260.